The number of hydrogen-bond acceptors (Lipinski definition) is 3. The van der Waals surface area contributed by atoms with Gasteiger partial charge in [-0.1, -0.05) is 6.92 Å². The molecule has 0 bridgehead atoms. The number of carbonyl (C=O) groups excluding carboxylic acids is 1. The molecule has 0 aliphatic carbocycles. The highest BCUT2D eigenvalue weighted by Crippen LogP contribution is 1.85. The van der Waals surface area contributed by atoms with Crippen molar-refractivity contribution in [3.05, 3.63) is 0 Å². The zero-order valence-corrected chi connectivity index (χ0v) is 7.84. The number of nitrogens with zero attached hydrogens (tertiary/aromatic N) is 1. The van der Waals surface area contributed by atoms with Gasteiger partial charge >= 0.3 is 0 Å². The smallest absolute Gasteiger partial charge is 0.234 e. The summed E-state index contributed by atoms with van der Waals surface area (Å²) >= 11 is 0. The van der Waals surface area contributed by atoms with Crippen molar-refractivity contribution in [2.75, 3.05) is 32.8 Å². The predicted octanol–water partition coefficient (Wildman–Crippen LogP) is -0.563. The number of aliphatic hydroxyl groups excluding tert-OH is 1. The van der Waals surface area contributed by atoms with Crippen LogP contribution in [0.5, 0.6) is 0 Å². The molecule has 72 valence electrons. The van der Waals surface area contributed by atoms with E-state index in [0.29, 0.717) is 19.6 Å². The van der Waals surface area contributed by atoms with E-state index in [1.54, 1.807) is 0 Å². The fourth-order valence-corrected chi connectivity index (χ4v) is 0.947. The molecule has 0 fully saturated rings. The lowest BCUT2D eigenvalue weighted by Crippen LogP contribution is -2.38. The van der Waals surface area contributed by atoms with Crippen molar-refractivity contribution < 1.29 is 9.90 Å². The molecule has 1 amide bonds. The molecule has 0 aromatic rings. The average molecular weight is 174 g/mol. The van der Waals surface area contributed by atoms with Crippen LogP contribution in [0.3, 0.4) is 0 Å². The maximum absolute atomic E-state index is 11.1. The van der Waals surface area contributed by atoms with Gasteiger partial charge in [0.05, 0.1) is 13.2 Å². The molecule has 0 aromatic carbocycles. The average Bonchev–Trinajstić information content (AvgIpc) is 2.04. The van der Waals surface area contributed by atoms with Crippen LogP contribution in [0, 0.1) is 0 Å². The molecule has 0 saturated heterocycles. The Balaban J connectivity index is 3.61. The summed E-state index contributed by atoms with van der Waals surface area (Å²) < 4.78 is 0. The van der Waals surface area contributed by atoms with E-state index in [4.69, 9.17) is 5.11 Å². The lowest BCUT2D eigenvalue weighted by molar-refractivity contribution is -0.122. The molecule has 0 radical (unpaired) electrons. The van der Waals surface area contributed by atoms with Gasteiger partial charge in [0.1, 0.15) is 0 Å². The molecule has 0 atom stereocenters. The predicted molar refractivity (Wildman–Crippen MR) is 47.9 cm³/mol. The third-order valence-corrected chi connectivity index (χ3v) is 1.60. The number of carbonyl (C=O) groups is 1. The number of aliphatic hydroxyl groups is 1. The molecule has 2 N–H and O–H groups in total. The normalized spacial score (nSPS) is 10.3. The van der Waals surface area contributed by atoms with Crippen molar-refractivity contribution in [1.29, 1.82) is 0 Å². The Hall–Kier alpha value is -0.610. The molecule has 4 heteroatoms. The monoisotopic (exact) mass is 174 g/mol. The summed E-state index contributed by atoms with van der Waals surface area (Å²) in [6.45, 7) is 6.36. The number of rotatable bonds is 6. The third kappa shape index (κ3) is 5.09. The Bertz CT molecular complexity index is 128. The lowest BCUT2D eigenvalue weighted by Gasteiger charge is -2.17. The minimum Gasteiger partial charge on any atom is -0.395 e. The number of nitrogens with one attached hydrogen (secondary N) is 1. The SMILES string of the molecule is CCNC(=O)CN(CC)CCO. The van der Waals surface area contributed by atoms with Crippen LogP contribution in [-0.4, -0.2) is 48.7 Å². The van der Waals surface area contributed by atoms with Crippen molar-refractivity contribution in [3.63, 3.8) is 0 Å². The summed E-state index contributed by atoms with van der Waals surface area (Å²) in [4.78, 5) is 12.9. The van der Waals surface area contributed by atoms with Gasteiger partial charge < -0.3 is 10.4 Å². The van der Waals surface area contributed by atoms with E-state index in [2.05, 4.69) is 5.32 Å². The second-order valence-corrected chi connectivity index (χ2v) is 2.55. The topological polar surface area (TPSA) is 52.6 Å². The maximum Gasteiger partial charge on any atom is 0.234 e. The van der Waals surface area contributed by atoms with Gasteiger partial charge in [-0.2, -0.15) is 0 Å². The number of amides is 1. The summed E-state index contributed by atoms with van der Waals surface area (Å²) in [5.74, 6) is 0.0211. The van der Waals surface area contributed by atoms with Crippen LogP contribution in [0.15, 0.2) is 0 Å². The van der Waals surface area contributed by atoms with E-state index < -0.39 is 0 Å². The minimum absolute atomic E-state index is 0.0211. The molecule has 0 heterocycles. The fraction of sp³-hybridized carbons (Fsp3) is 0.875. The first-order valence-electron chi connectivity index (χ1n) is 4.34. The second-order valence-electron chi connectivity index (χ2n) is 2.55. The first-order valence-corrected chi connectivity index (χ1v) is 4.34. The van der Waals surface area contributed by atoms with Crippen molar-refractivity contribution >= 4 is 5.91 Å². The summed E-state index contributed by atoms with van der Waals surface area (Å²) in [6.07, 6.45) is 0. The zero-order valence-electron chi connectivity index (χ0n) is 7.84. The second kappa shape index (κ2) is 7.06. The third-order valence-electron chi connectivity index (χ3n) is 1.60. The van der Waals surface area contributed by atoms with Gasteiger partial charge in [0.15, 0.2) is 0 Å². The molecular formula is C8H18N2O2. The number of hydrogen-bond donors (Lipinski definition) is 2. The summed E-state index contributed by atoms with van der Waals surface area (Å²) in [5, 5.41) is 11.3. The quantitative estimate of drug-likeness (QED) is 0.567. The number of likely N-dealkylation sites (N-methyl/N-ethyl adjacent to an activating group) is 2. The molecule has 0 aromatic heterocycles. The standard InChI is InChI=1S/C8H18N2O2/c1-3-9-8(12)7-10(4-2)5-6-11/h11H,3-7H2,1-2H3,(H,9,12). The van der Waals surface area contributed by atoms with Crippen molar-refractivity contribution in [1.82, 2.24) is 10.2 Å². The Kier molecular flexibility index (Phi) is 6.70. The van der Waals surface area contributed by atoms with Gasteiger partial charge in [0, 0.05) is 13.1 Å². The zero-order chi connectivity index (χ0) is 9.40. The molecule has 0 saturated carbocycles. The van der Waals surface area contributed by atoms with Crippen molar-refractivity contribution in [2.45, 2.75) is 13.8 Å². The van der Waals surface area contributed by atoms with Gasteiger partial charge in [-0.15, -0.1) is 0 Å². The fourth-order valence-electron chi connectivity index (χ4n) is 0.947. The highest BCUT2D eigenvalue weighted by molar-refractivity contribution is 5.77. The van der Waals surface area contributed by atoms with E-state index in [0.717, 1.165) is 6.54 Å². The van der Waals surface area contributed by atoms with E-state index in [9.17, 15) is 4.79 Å². The van der Waals surface area contributed by atoms with E-state index >= 15 is 0 Å². The van der Waals surface area contributed by atoms with Gasteiger partial charge in [-0.3, -0.25) is 9.69 Å². The van der Waals surface area contributed by atoms with Crippen LogP contribution in [0.4, 0.5) is 0 Å². The van der Waals surface area contributed by atoms with Gasteiger partial charge in [0.25, 0.3) is 0 Å². The van der Waals surface area contributed by atoms with Crippen LogP contribution in [0.1, 0.15) is 13.8 Å². The van der Waals surface area contributed by atoms with Gasteiger partial charge in [-0.25, -0.2) is 0 Å². The largest absolute Gasteiger partial charge is 0.395 e. The molecule has 0 rings (SSSR count). The van der Waals surface area contributed by atoms with Crippen molar-refractivity contribution in [3.8, 4) is 0 Å². The molecule has 0 spiro atoms. The Labute approximate surface area is 73.6 Å². The Morgan fingerprint density at radius 3 is 2.58 bits per heavy atom. The molecular weight excluding hydrogens is 156 g/mol. The first-order chi connectivity index (χ1) is 5.74. The minimum atomic E-state index is 0.0211. The Morgan fingerprint density at radius 1 is 1.50 bits per heavy atom. The van der Waals surface area contributed by atoms with Crippen LogP contribution in [0.25, 0.3) is 0 Å². The van der Waals surface area contributed by atoms with Crippen LogP contribution in [-0.2, 0) is 4.79 Å². The van der Waals surface area contributed by atoms with E-state index in [1.807, 2.05) is 18.7 Å². The Morgan fingerprint density at radius 2 is 2.17 bits per heavy atom. The summed E-state index contributed by atoms with van der Waals surface area (Å²) in [6, 6.07) is 0. The molecule has 4 nitrogen and oxygen atoms in total. The van der Waals surface area contributed by atoms with E-state index in [1.165, 1.54) is 0 Å². The lowest BCUT2D eigenvalue weighted by atomic mass is 10.4. The highest BCUT2D eigenvalue weighted by atomic mass is 16.3. The van der Waals surface area contributed by atoms with Gasteiger partial charge in [0.2, 0.25) is 5.91 Å². The summed E-state index contributed by atoms with van der Waals surface area (Å²) in [5.41, 5.74) is 0. The molecule has 0 aliphatic heterocycles. The molecule has 0 unspecified atom stereocenters. The van der Waals surface area contributed by atoms with E-state index in [-0.39, 0.29) is 12.5 Å². The highest BCUT2D eigenvalue weighted by Gasteiger charge is 2.06. The first kappa shape index (κ1) is 11.4. The molecule has 12 heavy (non-hydrogen) atoms. The molecule has 0 aliphatic rings. The van der Waals surface area contributed by atoms with Gasteiger partial charge in [-0.05, 0) is 13.5 Å². The maximum atomic E-state index is 11.1. The van der Waals surface area contributed by atoms with Crippen LogP contribution < -0.4 is 5.32 Å². The summed E-state index contributed by atoms with van der Waals surface area (Å²) in [7, 11) is 0. The van der Waals surface area contributed by atoms with Crippen LogP contribution in [0.2, 0.25) is 0 Å². The van der Waals surface area contributed by atoms with Crippen molar-refractivity contribution in [2.24, 2.45) is 0 Å². The van der Waals surface area contributed by atoms with Crippen LogP contribution >= 0.6 is 0 Å².